The van der Waals surface area contributed by atoms with E-state index in [1.807, 2.05) is 53.5 Å². The van der Waals surface area contributed by atoms with Gasteiger partial charge in [0.25, 0.3) is 0 Å². The fraction of sp³-hybridized carbons (Fsp3) is 0.500. The van der Waals surface area contributed by atoms with Gasteiger partial charge in [-0.05, 0) is 42.8 Å². The van der Waals surface area contributed by atoms with Gasteiger partial charge in [0.1, 0.15) is 0 Å². The van der Waals surface area contributed by atoms with E-state index in [2.05, 4.69) is 22.4 Å². The predicted octanol–water partition coefficient (Wildman–Crippen LogP) is 3.55. The molecule has 1 amide bonds. The van der Waals surface area contributed by atoms with Crippen molar-refractivity contribution in [1.82, 2.24) is 4.90 Å². The molecule has 2 heterocycles. The molecule has 1 fully saturated rings. The second kappa shape index (κ2) is 13.0. The molecule has 2 aromatic rings. The normalized spacial score (nSPS) is 16.8. The highest BCUT2D eigenvalue weighted by Gasteiger charge is 2.42. The molecule has 7 nitrogen and oxygen atoms in total. The van der Waals surface area contributed by atoms with Crippen molar-refractivity contribution >= 4 is 34.3 Å². The third-order valence-electron chi connectivity index (χ3n) is 5.49. The molecule has 172 valence electrons. The maximum Gasteiger partial charge on any atom is 0.227 e. The number of hydrogen-bond donors (Lipinski definition) is 1. The number of hydrogen-bond acceptors (Lipinski definition) is 6. The van der Waals surface area contributed by atoms with Crippen LogP contribution in [0.2, 0.25) is 0 Å². The second-order valence-electron chi connectivity index (χ2n) is 7.46. The molecule has 1 aliphatic heterocycles. The van der Waals surface area contributed by atoms with E-state index >= 15 is 0 Å². The summed E-state index contributed by atoms with van der Waals surface area (Å²) in [6, 6.07) is 14.4. The average Bonchev–Trinajstić information content (AvgIpc) is 3.28. The molecule has 1 aliphatic rings. The Balaban J connectivity index is 0.000000785. The largest absolute Gasteiger partial charge is 0.750 e. The number of methoxy groups -OCH3 is 1. The van der Waals surface area contributed by atoms with Crippen molar-refractivity contribution in [3.05, 3.63) is 52.7 Å². The van der Waals surface area contributed by atoms with Gasteiger partial charge in [0.2, 0.25) is 5.91 Å². The molecule has 1 aromatic carbocycles. The van der Waals surface area contributed by atoms with Crippen LogP contribution in [0, 0.1) is 0 Å². The Morgan fingerprint density at radius 3 is 2.42 bits per heavy atom. The number of carbonyl (C=O) groups is 1. The summed E-state index contributed by atoms with van der Waals surface area (Å²) in [6.45, 7) is 5.59. The van der Waals surface area contributed by atoms with Gasteiger partial charge in [0.05, 0.1) is 23.5 Å². The summed E-state index contributed by atoms with van der Waals surface area (Å²) in [7, 11) is 1.74. The van der Waals surface area contributed by atoms with Crippen molar-refractivity contribution < 1.29 is 22.8 Å². The van der Waals surface area contributed by atoms with Crippen molar-refractivity contribution in [2.75, 3.05) is 38.3 Å². The van der Waals surface area contributed by atoms with Crippen LogP contribution >= 0.6 is 11.3 Å². The standard InChI is InChI=1S/C22H30N2O2S.H2O3S/c1-3-21(25)24(19-8-5-4-6-9-19)22(18-26-2)12-15-23(16-13-22)14-11-20-10-7-17-27-20;1-4(2)3/h4-10,17H,3,11-16,18H2,1-2H3;(H2,1,2,3)/p-1. The van der Waals surface area contributed by atoms with Crippen LogP contribution in [0.1, 0.15) is 31.1 Å². The van der Waals surface area contributed by atoms with Gasteiger partial charge < -0.3 is 23.6 Å². The highest BCUT2D eigenvalue weighted by Crippen LogP contribution is 2.34. The highest BCUT2D eigenvalue weighted by atomic mass is 32.2. The molecule has 0 radical (unpaired) electrons. The molecule has 3 rings (SSSR count). The Labute approximate surface area is 191 Å². The molecule has 1 aromatic heterocycles. The Hall–Kier alpha value is -1.62. The molecule has 31 heavy (non-hydrogen) atoms. The molecule has 0 bridgehead atoms. The maximum absolute atomic E-state index is 12.9. The minimum Gasteiger partial charge on any atom is -0.750 e. The number of piperidine rings is 1. The van der Waals surface area contributed by atoms with Gasteiger partial charge in [-0.2, -0.15) is 0 Å². The average molecular weight is 468 g/mol. The minimum atomic E-state index is -2.86. The first kappa shape index (κ1) is 25.6. The van der Waals surface area contributed by atoms with E-state index in [1.165, 1.54) is 4.88 Å². The number of likely N-dealkylation sites (tertiary alicyclic amines) is 1. The van der Waals surface area contributed by atoms with Gasteiger partial charge >= 0.3 is 0 Å². The number of rotatable bonds is 8. The number of anilines is 1. The third-order valence-corrected chi connectivity index (χ3v) is 6.43. The third kappa shape index (κ3) is 7.78. The van der Waals surface area contributed by atoms with Gasteiger partial charge in [-0.25, -0.2) is 4.21 Å². The lowest BCUT2D eigenvalue weighted by molar-refractivity contribution is -0.120. The van der Waals surface area contributed by atoms with Crippen molar-refractivity contribution in [2.24, 2.45) is 0 Å². The molecule has 1 atom stereocenters. The first-order chi connectivity index (χ1) is 14.9. The lowest BCUT2D eigenvalue weighted by Crippen LogP contribution is -2.60. The summed E-state index contributed by atoms with van der Waals surface area (Å²) < 4.78 is 29.7. The fourth-order valence-electron chi connectivity index (χ4n) is 4.03. The number of nitrogens with zero attached hydrogens (tertiary/aromatic N) is 2. The summed E-state index contributed by atoms with van der Waals surface area (Å²) in [6.07, 6.45) is 3.48. The lowest BCUT2D eigenvalue weighted by Gasteiger charge is -2.48. The molecule has 1 unspecified atom stereocenters. The first-order valence-electron chi connectivity index (χ1n) is 10.3. The van der Waals surface area contributed by atoms with Crippen LogP contribution in [-0.2, 0) is 27.3 Å². The number of ether oxygens (including phenoxy) is 1. The molecular formula is C22H31N2O5S2-. The Morgan fingerprint density at radius 1 is 1.26 bits per heavy atom. The van der Waals surface area contributed by atoms with Crippen LogP contribution in [0.3, 0.4) is 0 Å². The molecule has 1 saturated heterocycles. The SMILES string of the molecule is CCC(=O)N(c1ccccc1)C1(COC)CCN(CCc2cccs2)CC1.O=S([O-])O. The van der Waals surface area contributed by atoms with Crippen molar-refractivity contribution in [1.29, 1.82) is 0 Å². The van der Waals surface area contributed by atoms with Gasteiger partial charge in [-0.3, -0.25) is 4.79 Å². The van der Waals surface area contributed by atoms with Crippen molar-refractivity contribution in [3.63, 3.8) is 0 Å². The molecule has 0 spiro atoms. The van der Waals surface area contributed by atoms with Gasteiger partial charge in [0, 0.05) is 43.7 Å². The lowest BCUT2D eigenvalue weighted by atomic mass is 9.85. The van der Waals surface area contributed by atoms with Crippen LogP contribution in [-0.4, -0.2) is 63.0 Å². The number of para-hydroxylation sites is 1. The van der Waals surface area contributed by atoms with Crippen molar-refractivity contribution in [2.45, 2.75) is 38.1 Å². The second-order valence-corrected chi connectivity index (χ2v) is 8.93. The van der Waals surface area contributed by atoms with Crippen molar-refractivity contribution in [3.8, 4) is 0 Å². The topological polar surface area (TPSA) is 93.1 Å². The van der Waals surface area contributed by atoms with E-state index in [4.69, 9.17) is 18.1 Å². The zero-order valence-electron chi connectivity index (χ0n) is 18.1. The summed E-state index contributed by atoms with van der Waals surface area (Å²) in [5.41, 5.74) is 0.719. The summed E-state index contributed by atoms with van der Waals surface area (Å²) >= 11 is -1.03. The summed E-state index contributed by atoms with van der Waals surface area (Å²) in [5, 5.41) is 2.14. The van der Waals surface area contributed by atoms with Crippen LogP contribution in [0.25, 0.3) is 0 Å². The Morgan fingerprint density at radius 2 is 1.90 bits per heavy atom. The smallest absolute Gasteiger partial charge is 0.227 e. The molecule has 0 aliphatic carbocycles. The summed E-state index contributed by atoms with van der Waals surface area (Å²) in [4.78, 5) is 18.9. The van der Waals surface area contributed by atoms with E-state index < -0.39 is 11.4 Å². The summed E-state index contributed by atoms with van der Waals surface area (Å²) in [5.74, 6) is 0.172. The molecule has 9 heteroatoms. The first-order valence-corrected chi connectivity index (χ1v) is 12.2. The van der Waals surface area contributed by atoms with E-state index in [0.29, 0.717) is 13.0 Å². The molecule has 1 N–H and O–H groups in total. The Kier molecular flexibility index (Phi) is 10.8. The van der Waals surface area contributed by atoms with Gasteiger partial charge in [0.15, 0.2) is 0 Å². The fourth-order valence-corrected chi connectivity index (χ4v) is 4.73. The van der Waals surface area contributed by atoms with Crippen LogP contribution < -0.4 is 4.90 Å². The zero-order chi connectivity index (χ0) is 22.7. The van der Waals surface area contributed by atoms with Crippen LogP contribution in [0.15, 0.2) is 47.8 Å². The quantitative estimate of drug-likeness (QED) is 0.597. The number of carbonyl (C=O) groups excluding carboxylic acids is 1. The van der Waals surface area contributed by atoms with Crippen LogP contribution in [0.5, 0.6) is 0 Å². The molecular weight excluding hydrogens is 436 g/mol. The number of thiophene rings is 1. The van der Waals surface area contributed by atoms with Crippen LogP contribution in [0.4, 0.5) is 5.69 Å². The van der Waals surface area contributed by atoms with E-state index in [1.54, 1.807) is 7.11 Å². The Bertz CT molecular complexity index is 789. The maximum atomic E-state index is 12.9. The zero-order valence-corrected chi connectivity index (χ0v) is 19.7. The number of benzene rings is 1. The monoisotopic (exact) mass is 467 g/mol. The predicted molar refractivity (Wildman–Crippen MR) is 124 cm³/mol. The number of amides is 1. The molecule has 0 saturated carbocycles. The van der Waals surface area contributed by atoms with E-state index in [0.717, 1.165) is 44.6 Å². The van der Waals surface area contributed by atoms with E-state index in [-0.39, 0.29) is 11.4 Å². The van der Waals surface area contributed by atoms with Gasteiger partial charge in [-0.1, -0.05) is 31.2 Å². The van der Waals surface area contributed by atoms with E-state index in [9.17, 15) is 4.79 Å². The highest BCUT2D eigenvalue weighted by molar-refractivity contribution is 7.73. The van der Waals surface area contributed by atoms with Gasteiger partial charge in [-0.15, -0.1) is 11.3 Å². The minimum absolute atomic E-state index is 0.172.